The number of hydrogen-bond acceptors (Lipinski definition) is 4. The number of piperazine rings is 1. The number of anilines is 2. The van der Waals surface area contributed by atoms with Gasteiger partial charge in [0.25, 0.3) is 0 Å². The van der Waals surface area contributed by atoms with Crippen LogP contribution in [0.1, 0.15) is 24.5 Å². The van der Waals surface area contributed by atoms with Gasteiger partial charge in [-0.2, -0.15) is 0 Å². The Morgan fingerprint density at radius 3 is 2.23 bits per heavy atom. The fourth-order valence-corrected chi connectivity index (χ4v) is 5.42. The third-order valence-electron chi connectivity index (χ3n) is 5.90. The molecule has 1 amide bonds. The number of benzene rings is 2. The van der Waals surface area contributed by atoms with Crippen molar-refractivity contribution in [2.45, 2.75) is 33.2 Å². The highest BCUT2D eigenvalue weighted by Crippen LogP contribution is 2.27. The number of rotatable bonds is 6. The van der Waals surface area contributed by atoms with Gasteiger partial charge in [0.2, 0.25) is 15.9 Å². The van der Waals surface area contributed by atoms with E-state index in [1.807, 2.05) is 6.92 Å². The molecule has 168 valence electrons. The molecule has 8 heteroatoms. The zero-order chi connectivity index (χ0) is 22.8. The number of halogens is 1. The standard InChI is InChI=1S/C23H30ClN3O3S/c1-5-21(27(31(4,29)30)20-11-9-19(24)10-12-20)23(28)26-15-13-25(14-16-26)22-8-6-7-17(2)18(22)3/h6-12,21H,5,13-16H2,1-4H3/t21-/m1/s1. The second kappa shape index (κ2) is 9.49. The molecule has 31 heavy (non-hydrogen) atoms. The lowest BCUT2D eigenvalue weighted by atomic mass is 10.1. The number of hydrogen-bond donors (Lipinski definition) is 0. The van der Waals surface area contributed by atoms with Crippen LogP contribution in [0, 0.1) is 13.8 Å². The van der Waals surface area contributed by atoms with Gasteiger partial charge in [-0.15, -0.1) is 0 Å². The van der Waals surface area contributed by atoms with Gasteiger partial charge in [-0.05, 0) is 61.7 Å². The molecule has 0 aliphatic carbocycles. The Kier molecular flexibility index (Phi) is 7.17. The number of sulfonamides is 1. The molecule has 1 aliphatic heterocycles. The van der Waals surface area contributed by atoms with E-state index >= 15 is 0 Å². The molecule has 2 aromatic carbocycles. The van der Waals surface area contributed by atoms with Crippen molar-refractivity contribution in [3.05, 3.63) is 58.6 Å². The maximum atomic E-state index is 13.4. The molecule has 0 unspecified atom stereocenters. The quantitative estimate of drug-likeness (QED) is 0.652. The van der Waals surface area contributed by atoms with Crippen LogP contribution >= 0.6 is 11.6 Å². The molecule has 1 aliphatic rings. The fourth-order valence-electron chi connectivity index (χ4n) is 4.09. The van der Waals surface area contributed by atoms with E-state index in [0.29, 0.717) is 43.3 Å². The SMILES string of the molecule is CC[C@H](C(=O)N1CCN(c2cccc(C)c2C)CC1)N(c1ccc(Cl)cc1)S(C)(=O)=O. The summed E-state index contributed by atoms with van der Waals surface area (Å²) < 4.78 is 26.5. The minimum absolute atomic E-state index is 0.163. The van der Waals surface area contributed by atoms with Crippen molar-refractivity contribution in [3.8, 4) is 0 Å². The summed E-state index contributed by atoms with van der Waals surface area (Å²) in [5, 5.41) is 0.513. The fraction of sp³-hybridized carbons (Fsp3) is 0.435. The summed E-state index contributed by atoms with van der Waals surface area (Å²) in [4.78, 5) is 17.5. The molecule has 3 rings (SSSR count). The molecule has 2 aromatic rings. The van der Waals surface area contributed by atoms with Crippen LogP contribution in [-0.4, -0.2) is 57.7 Å². The van der Waals surface area contributed by atoms with Crippen LogP contribution in [0.4, 0.5) is 11.4 Å². The Morgan fingerprint density at radius 2 is 1.68 bits per heavy atom. The summed E-state index contributed by atoms with van der Waals surface area (Å²) in [6, 6.07) is 12.0. The van der Waals surface area contributed by atoms with Gasteiger partial charge in [0, 0.05) is 36.9 Å². The first-order valence-electron chi connectivity index (χ1n) is 10.5. The third kappa shape index (κ3) is 5.15. The Bertz CT molecular complexity index is 1030. The second-order valence-electron chi connectivity index (χ2n) is 7.99. The molecule has 1 atom stereocenters. The van der Waals surface area contributed by atoms with Crippen LogP contribution < -0.4 is 9.21 Å². The van der Waals surface area contributed by atoms with Crippen molar-refractivity contribution in [1.29, 1.82) is 0 Å². The molecule has 6 nitrogen and oxygen atoms in total. The topological polar surface area (TPSA) is 60.9 Å². The summed E-state index contributed by atoms with van der Waals surface area (Å²) in [6.45, 7) is 8.59. The summed E-state index contributed by atoms with van der Waals surface area (Å²) in [6.07, 6.45) is 1.52. The molecular weight excluding hydrogens is 434 g/mol. The summed E-state index contributed by atoms with van der Waals surface area (Å²) in [5.41, 5.74) is 4.13. The largest absolute Gasteiger partial charge is 0.368 e. The smallest absolute Gasteiger partial charge is 0.246 e. The van der Waals surface area contributed by atoms with E-state index in [-0.39, 0.29) is 5.91 Å². The van der Waals surface area contributed by atoms with Gasteiger partial charge in [0.1, 0.15) is 6.04 Å². The molecule has 0 radical (unpaired) electrons. The second-order valence-corrected chi connectivity index (χ2v) is 10.3. The Morgan fingerprint density at radius 1 is 1.06 bits per heavy atom. The van der Waals surface area contributed by atoms with E-state index < -0.39 is 16.1 Å². The molecule has 0 aromatic heterocycles. The van der Waals surface area contributed by atoms with Crippen LogP contribution in [-0.2, 0) is 14.8 Å². The van der Waals surface area contributed by atoms with Crippen LogP contribution in [0.15, 0.2) is 42.5 Å². The third-order valence-corrected chi connectivity index (χ3v) is 7.33. The zero-order valence-corrected chi connectivity index (χ0v) is 20.1. The predicted octanol–water partition coefficient (Wildman–Crippen LogP) is 3.85. The lowest BCUT2D eigenvalue weighted by Crippen LogP contribution is -2.56. The first-order chi connectivity index (χ1) is 14.6. The molecule has 0 bridgehead atoms. The van der Waals surface area contributed by atoms with E-state index in [0.717, 1.165) is 6.26 Å². The maximum Gasteiger partial charge on any atom is 0.246 e. The van der Waals surface area contributed by atoms with E-state index in [1.54, 1.807) is 29.2 Å². The average molecular weight is 464 g/mol. The van der Waals surface area contributed by atoms with Crippen LogP contribution in [0.25, 0.3) is 0 Å². The molecule has 0 spiro atoms. The lowest BCUT2D eigenvalue weighted by Gasteiger charge is -2.40. The number of nitrogens with zero attached hydrogens (tertiary/aromatic N) is 3. The van der Waals surface area contributed by atoms with Crippen molar-refractivity contribution < 1.29 is 13.2 Å². The van der Waals surface area contributed by atoms with Gasteiger partial charge in [0.15, 0.2) is 0 Å². The summed E-state index contributed by atoms with van der Waals surface area (Å²) in [5.74, 6) is -0.163. The highest BCUT2D eigenvalue weighted by Gasteiger charge is 2.35. The van der Waals surface area contributed by atoms with Gasteiger partial charge in [-0.1, -0.05) is 30.7 Å². The van der Waals surface area contributed by atoms with Crippen LogP contribution in [0.3, 0.4) is 0 Å². The number of carbonyl (C=O) groups excluding carboxylic acids is 1. The maximum absolute atomic E-state index is 13.4. The monoisotopic (exact) mass is 463 g/mol. The van der Waals surface area contributed by atoms with Gasteiger partial charge in [-0.3, -0.25) is 9.10 Å². The van der Waals surface area contributed by atoms with Crippen molar-refractivity contribution >= 4 is 38.9 Å². The van der Waals surface area contributed by atoms with Crippen molar-refractivity contribution in [2.24, 2.45) is 0 Å². The summed E-state index contributed by atoms with van der Waals surface area (Å²) >= 11 is 5.97. The minimum Gasteiger partial charge on any atom is -0.368 e. The first kappa shape index (κ1) is 23.4. The highest BCUT2D eigenvalue weighted by atomic mass is 35.5. The van der Waals surface area contributed by atoms with E-state index in [4.69, 9.17) is 11.6 Å². The van der Waals surface area contributed by atoms with Crippen molar-refractivity contribution in [2.75, 3.05) is 41.6 Å². The number of aryl methyl sites for hydroxylation is 1. The molecule has 0 saturated carbocycles. The van der Waals surface area contributed by atoms with Crippen LogP contribution in [0.2, 0.25) is 5.02 Å². The Balaban J connectivity index is 1.78. The van der Waals surface area contributed by atoms with Gasteiger partial charge in [0.05, 0.1) is 11.9 Å². The van der Waals surface area contributed by atoms with E-state index in [2.05, 4.69) is 36.9 Å². The zero-order valence-electron chi connectivity index (χ0n) is 18.5. The van der Waals surface area contributed by atoms with E-state index in [9.17, 15) is 13.2 Å². The van der Waals surface area contributed by atoms with Crippen molar-refractivity contribution in [3.63, 3.8) is 0 Å². The number of amides is 1. The molecule has 0 N–H and O–H groups in total. The normalized spacial score (nSPS) is 15.6. The van der Waals surface area contributed by atoms with Gasteiger partial charge in [-0.25, -0.2) is 8.42 Å². The molecule has 1 heterocycles. The Hall–Kier alpha value is -2.25. The first-order valence-corrected chi connectivity index (χ1v) is 12.7. The number of carbonyl (C=O) groups is 1. The average Bonchev–Trinajstić information content (AvgIpc) is 2.74. The molecular formula is C23H30ClN3O3S. The predicted molar refractivity (Wildman–Crippen MR) is 128 cm³/mol. The highest BCUT2D eigenvalue weighted by molar-refractivity contribution is 7.92. The van der Waals surface area contributed by atoms with Crippen LogP contribution in [0.5, 0.6) is 0 Å². The van der Waals surface area contributed by atoms with Crippen molar-refractivity contribution in [1.82, 2.24) is 4.90 Å². The minimum atomic E-state index is -3.66. The summed E-state index contributed by atoms with van der Waals surface area (Å²) in [7, 11) is -3.66. The lowest BCUT2D eigenvalue weighted by molar-refractivity contribution is -0.132. The van der Waals surface area contributed by atoms with Gasteiger partial charge < -0.3 is 9.80 Å². The molecule has 1 fully saturated rings. The molecule has 1 saturated heterocycles. The van der Waals surface area contributed by atoms with Gasteiger partial charge >= 0.3 is 0 Å². The Labute approximate surface area is 190 Å². The van der Waals surface area contributed by atoms with E-state index in [1.165, 1.54) is 21.1 Å².